The Bertz CT molecular complexity index is 153. The number of methoxy groups -OCH3 is 1. The van der Waals surface area contributed by atoms with E-state index < -0.39 is 0 Å². The molecule has 17 heavy (non-hydrogen) atoms. The molecule has 0 amide bonds. The normalized spacial score (nSPS) is 14.8. The Morgan fingerprint density at radius 2 is 1.88 bits per heavy atom. The lowest BCUT2D eigenvalue weighted by atomic mass is 9.99. The van der Waals surface area contributed by atoms with Gasteiger partial charge in [0.2, 0.25) is 0 Å². The predicted octanol–water partition coefficient (Wildman–Crippen LogP) is 2.55. The lowest BCUT2D eigenvalue weighted by Gasteiger charge is -2.17. The molecule has 0 saturated heterocycles. The minimum atomic E-state index is 0.272. The molecular formula is C14H32N2O. The first kappa shape index (κ1) is 16.9. The average Bonchev–Trinajstić information content (AvgIpc) is 2.34. The van der Waals surface area contributed by atoms with Crippen LogP contribution < -0.4 is 11.1 Å². The van der Waals surface area contributed by atoms with Gasteiger partial charge in [-0.15, -0.1) is 0 Å². The van der Waals surface area contributed by atoms with E-state index in [1.165, 1.54) is 25.7 Å². The molecule has 0 aromatic rings. The number of rotatable bonds is 12. The zero-order valence-electron chi connectivity index (χ0n) is 12.0. The Labute approximate surface area is 107 Å². The van der Waals surface area contributed by atoms with Crippen LogP contribution in [0, 0.1) is 5.92 Å². The second-order valence-electron chi connectivity index (χ2n) is 4.97. The Hall–Kier alpha value is -0.120. The van der Waals surface area contributed by atoms with Crippen LogP contribution in [-0.4, -0.2) is 32.8 Å². The van der Waals surface area contributed by atoms with Crippen LogP contribution in [0.2, 0.25) is 0 Å². The van der Waals surface area contributed by atoms with Gasteiger partial charge in [-0.1, -0.05) is 33.1 Å². The number of nitrogens with one attached hydrogen (secondary N) is 1. The SMILES string of the molecule is CCCCC(CC)CNCC(N)CCCOC. The van der Waals surface area contributed by atoms with E-state index in [2.05, 4.69) is 19.2 Å². The van der Waals surface area contributed by atoms with Crippen LogP contribution in [0.15, 0.2) is 0 Å². The van der Waals surface area contributed by atoms with Crippen molar-refractivity contribution in [3.8, 4) is 0 Å². The molecule has 3 heteroatoms. The molecule has 0 heterocycles. The molecule has 0 radical (unpaired) electrons. The van der Waals surface area contributed by atoms with Crippen molar-refractivity contribution in [3.63, 3.8) is 0 Å². The van der Waals surface area contributed by atoms with Gasteiger partial charge in [0, 0.05) is 26.3 Å². The molecule has 104 valence electrons. The van der Waals surface area contributed by atoms with Crippen molar-refractivity contribution in [2.75, 3.05) is 26.8 Å². The molecule has 0 aliphatic rings. The highest BCUT2D eigenvalue weighted by Gasteiger charge is 2.07. The quantitative estimate of drug-likeness (QED) is 0.519. The topological polar surface area (TPSA) is 47.3 Å². The minimum Gasteiger partial charge on any atom is -0.385 e. The highest BCUT2D eigenvalue weighted by Crippen LogP contribution is 2.11. The summed E-state index contributed by atoms with van der Waals surface area (Å²) in [5.74, 6) is 0.820. The van der Waals surface area contributed by atoms with Crippen LogP contribution in [0.1, 0.15) is 52.4 Å². The number of hydrogen-bond acceptors (Lipinski definition) is 3. The zero-order valence-corrected chi connectivity index (χ0v) is 12.0. The van der Waals surface area contributed by atoms with E-state index in [0.717, 1.165) is 38.5 Å². The summed E-state index contributed by atoms with van der Waals surface area (Å²) >= 11 is 0. The molecule has 0 spiro atoms. The van der Waals surface area contributed by atoms with Gasteiger partial charge in [-0.05, 0) is 31.7 Å². The maximum absolute atomic E-state index is 6.02. The van der Waals surface area contributed by atoms with Gasteiger partial charge in [-0.2, -0.15) is 0 Å². The van der Waals surface area contributed by atoms with Crippen molar-refractivity contribution >= 4 is 0 Å². The van der Waals surface area contributed by atoms with Crippen LogP contribution >= 0.6 is 0 Å². The largest absolute Gasteiger partial charge is 0.385 e. The highest BCUT2D eigenvalue weighted by atomic mass is 16.5. The van der Waals surface area contributed by atoms with E-state index in [0.29, 0.717) is 0 Å². The molecule has 0 saturated carbocycles. The van der Waals surface area contributed by atoms with E-state index in [-0.39, 0.29) is 6.04 Å². The molecule has 0 fully saturated rings. The summed E-state index contributed by atoms with van der Waals surface area (Å²) in [4.78, 5) is 0. The summed E-state index contributed by atoms with van der Waals surface area (Å²) in [5.41, 5.74) is 6.02. The first-order valence-corrected chi connectivity index (χ1v) is 7.19. The predicted molar refractivity (Wildman–Crippen MR) is 75.3 cm³/mol. The Morgan fingerprint density at radius 3 is 2.47 bits per heavy atom. The first-order valence-electron chi connectivity index (χ1n) is 7.19. The van der Waals surface area contributed by atoms with Crippen LogP contribution in [-0.2, 0) is 4.74 Å². The monoisotopic (exact) mass is 244 g/mol. The third kappa shape index (κ3) is 10.7. The van der Waals surface area contributed by atoms with Crippen LogP contribution in [0.4, 0.5) is 0 Å². The lowest BCUT2D eigenvalue weighted by Crippen LogP contribution is -2.36. The summed E-state index contributed by atoms with van der Waals surface area (Å²) in [6, 6.07) is 0.272. The molecule has 3 N–H and O–H groups in total. The van der Waals surface area contributed by atoms with Crippen molar-refractivity contribution in [2.45, 2.75) is 58.4 Å². The standard InChI is InChI=1S/C14H32N2O/c1-4-6-8-13(5-2)11-16-12-14(15)9-7-10-17-3/h13-14,16H,4-12,15H2,1-3H3. The summed E-state index contributed by atoms with van der Waals surface area (Å²) in [6.45, 7) is 7.41. The van der Waals surface area contributed by atoms with Crippen LogP contribution in [0.5, 0.6) is 0 Å². The fourth-order valence-corrected chi connectivity index (χ4v) is 2.01. The van der Waals surface area contributed by atoms with Crippen LogP contribution in [0.3, 0.4) is 0 Å². The number of unbranched alkanes of at least 4 members (excludes halogenated alkanes) is 1. The van der Waals surface area contributed by atoms with Gasteiger partial charge in [0.05, 0.1) is 0 Å². The van der Waals surface area contributed by atoms with Gasteiger partial charge >= 0.3 is 0 Å². The van der Waals surface area contributed by atoms with E-state index in [4.69, 9.17) is 10.5 Å². The van der Waals surface area contributed by atoms with Crippen molar-refractivity contribution in [2.24, 2.45) is 11.7 Å². The van der Waals surface area contributed by atoms with E-state index in [1.807, 2.05) is 0 Å². The third-order valence-electron chi connectivity index (χ3n) is 3.31. The van der Waals surface area contributed by atoms with E-state index >= 15 is 0 Å². The smallest absolute Gasteiger partial charge is 0.0462 e. The molecule has 3 nitrogen and oxygen atoms in total. The molecule has 0 aromatic heterocycles. The molecule has 0 aliphatic heterocycles. The van der Waals surface area contributed by atoms with Gasteiger partial charge in [-0.3, -0.25) is 0 Å². The van der Waals surface area contributed by atoms with Crippen molar-refractivity contribution in [3.05, 3.63) is 0 Å². The van der Waals surface area contributed by atoms with Crippen LogP contribution in [0.25, 0.3) is 0 Å². The Morgan fingerprint density at radius 1 is 1.12 bits per heavy atom. The maximum atomic E-state index is 6.02. The molecule has 2 atom stereocenters. The summed E-state index contributed by atoms with van der Waals surface area (Å²) < 4.78 is 5.02. The van der Waals surface area contributed by atoms with Crippen molar-refractivity contribution < 1.29 is 4.74 Å². The molecule has 0 aromatic carbocycles. The second kappa shape index (κ2) is 12.3. The van der Waals surface area contributed by atoms with Gasteiger partial charge in [-0.25, -0.2) is 0 Å². The minimum absolute atomic E-state index is 0.272. The van der Waals surface area contributed by atoms with Gasteiger partial charge in [0.1, 0.15) is 0 Å². The molecule has 2 unspecified atom stereocenters. The van der Waals surface area contributed by atoms with E-state index in [9.17, 15) is 0 Å². The lowest BCUT2D eigenvalue weighted by molar-refractivity contribution is 0.190. The zero-order chi connectivity index (χ0) is 12.9. The number of nitrogens with two attached hydrogens (primary N) is 1. The van der Waals surface area contributed by atoms with Gasteiger partial charge in [0.25, 0.3) is 0 Å². The van der Waals surface area contributed by atoms with Crippen molar-refractivity contribution in [1.82, 2.24) is 5.32 Å². The molecule has 0 rings (SSSR count). The number of ether oxygens (including phenoxy) is 1. The Balaban J connectivity index is 3.45. The summed E-state index contributed by atoms with van der Waals surface area (Å²) in [6.07, 6.45) is 7.37. The third-order valence-corrected chi connectivity index (χ3v) is 3.31. The Kier molecular flexibility index (Phi) is 12.3. The van der Waals surface area contributed by atoms with Crippen molar-refractivity contribution in [1.29, 1.82) is 0 Å². The fraction of sp³-hybridized carbons (Fsp3) is 1.00. The second-order valence-corrected chi connectivity index (χ2v) is 4.97. The van der Waals surface area contributed by atoms with Gasteiger partial charge in [0.15, 0.2) is 0 Å². The summed E-state index contributed by atoms with van der Waals surface area (Å²) in [5, 5.41) is 3.51. The summed E-state index contributed by atoms with van der Waals surface area (Å²) in [7, 11) is 1.74. The molecular weight excluding hydrogens is 212 g/mol. The molecule has 0 aliphatic carbocycles. The van der Waals surface area contributed by atoms with Gasteiger partial charge < -0.3 is 15.8 Å². The molecule has 0 bridgehead atoms. The maximum Gasteiger partial charge on any atom is 0.0462 e. The fourth-order valence-electron chi connectivity index (χ4n) is 2.01. The van der Waals surface area contributed by atoms with E-state index in [1.54, 1.807) is 7.11 Å². The first-order chi connectivity index (χ1) is 8.24. The number of hydrogen-bond donors (Lipinski definition) is 2. The highest BCUT2D eigenvalue weighted by molar-refractivity contribution is 4.67. The average molecular weight is 244 g/mol.